The summed E-state index contributed by atoms with van der Waals surface area (Å²) < 4.78 is 3.75. The van der Waals surface area contributed by atoms with Gasteiger partial charge in [0.05, 0.1) is 12.1 Å². The second-order valence-electron chi connectivity index (χ2n) is 2.60. The van der Waals surface area contributed by atoms with Crippen LogP contribution in [-0.4, -0.2) is 15.4 Å². The van der Waals surface area contributed by atoms with Crippen molar-refractivity contribution in [3.8, 4) is 12.3 Å². The minimum atomic E-state index is -0.0408. The number of carbonyl (C=O) groups excluding carboxylic acids is 1. The molecule has 0 aliphatic heterocycles. The number of aryl methyl sites for hydroxylation is 1. The van der Waals surface area contributed by atoms with E-state index < -0.39 is 0 Å². The molecule has 0 amide bonds. The molecule has 4 heteroatoms. The van der Waals surface area contributed by atoms with Crippen LogP contribution >= 0.6 is 11.5 Å². The summed E-state index contributed by atoms with van der Waals surface area (Å²) in [6.07, 6.45) is 6.95. The molecule has 0 N–H and O–H groups in total. The van der Waals surface area contributed by atoms with Crippen molar-refractivity contribution in [3.05, 3.63) is 10.6 Å². The fourth-order valence-electron chi connectivity index (χ4n) is 0.994. The van der Waals surface area contributed by atoms with Crippen molar-refractivity contribution in [1.29, 1.82) is 0 Å². The first-order valence-electron chi connectivity index (χ1n) is 4.07. The number of carbonyl (C=O) groups is 1. The van der Waals surface area contributed by atoms with Crippen molar-refractivity contribution in [1.82, 2.24) is 9.59 Å². The predicted octanol–water partition coefficient (Wildman–Crippen LogP) is 1.70. The topological polar surface area (TPSA) is 42.9 Å². The molecule has 3 nitrogen and oxygen atoms in total. The number of nitrogens with zero attached hydrogens (tertiary/aromatic N) is 2. The average Bonchev–Trinajstić information content (AvgIpc) is 2.54. The van der Waals surface area contributed by atoms with Gasteiger partial charge >= 0.3 is 0 Å². The fraction of sp³-hybridized carbons (Fsp3) is 0.444. The van der Waals surface area contributed by atoms with E-state index in [-0.39, 0.29) is 12.2 Å². The summed E-state index contributed by atoms with van der Waals surface area (Å²) in [6, 6.07) is 0. The normalized spacial score (nSPS) is 9.54. The molecule has 68 valence electrons. The van der Waals surface area contributed by atoms with Crippen LogP contribution in [0.2, 0.25) is 0 Å². The Morgan fingerprint density at radius 1 is 1.69 bits per heavy atom. The molecule has 0 fully saturated rings. The summed E-state index contributed by atoms with van der Waals surface area (Å²) in [5.74, 6) is 2.29. The van der Waals surface area contributed by atoms with E-state index in [1.807, 2.05) is 6.92 Å². The molecule has 0 aliphatic rings. The first-order valence-corrected chi connectivity index (χ1v) is 4.84. The van der Waals surface area contributed by atoms with Gasteiger partial charge in [-0.05, 0) is 18.0 Å². The maximum absolute atomic E-state index is 11.4. The van der Waals surface area contributed by atoms with Crippen LogP contribution in [-0.2, 0) is 6.42 Å². The Morgan fingerprint density at radius 2 is 2.46 bits per heavy atom. The zero-order valence-corrected chi connectivity index (χ0v) is 8.23. The number of ketones is 1. The van der Waals surface area contributed by atoms with Gasteiger partial charge in [-0.25, -0.2) is 0 Å². The van der Waals surface area contributed by atoms with Gasteiger partial charge in [0.2, 0.25) is 0 Å². The summed E-state index contributed by atoms with van der Waals surface area (Å²) in [6.45, 7) is 2.04. The zero-order valence-electron chi connectivity index (χ0n) is 7.41. The van der Waals surface area contributed by atoms with Crippen molar-refractivity contribution in [3.63, 3.8) is 0 Å². The third-order valence-corrected chi connectivity index (χ3v) is 2.37. The molecule has 0 spiro atoms. The maximum Gasteiger partial charge on any atom is 0.188 e. The summed E-state index contributed by atoms with van der Waals surface area (Å²) in [7, 11) is 0. The van der Waals surface area contributed by atoms with Crippen LogP contribution in [0.15, 0.2) is 0 Å². The zero-order chi connectivity index (χ0) is 9.68. The Hall–Kier alpha value is -1.21. The maximum atomic E-state index is 11.4. The van der Waals surface area contributed by atoms with Crippen LogP contribution in [0.25, 0.3) is 0 Å². The van der Waals surface area contributed by atoms with Crippen molar-refractivity contribution in [2.75, 3.05) is 0 Å². The fourth-order valence-corrected chi connectivity index (χ4v) is 1.64. The molecule has 0 saturated carbocycles. The van der Waals surface area contributed by atoms with Gasteiger partial charge in [0.15, 0.2) is 5.78 Å². The third kappa shape index (κ3) is 2.36. The van der Waals surface area contributed by atoms with E-state index in [4.69, 9.17) is 6.42 Å². The number of hydrogen-bond acceptors (Lipinski definition) is 4. The van der Waals surface area contributed by atoms with Gasteiger partial charge in [-0.2, -0.15) is 0 Å². The standard InChI is InChI=1S/C9H10N2OS/c1-3-5-7-9(13-11-10-7)8(12)6-4-2/h2H,3,5-6H2,1H3. The molecule has 0 unspecified atom stereocenters. The van der Waals surface area contributed by atoms with Gasteiger partial charge in [0.25, 0.3) is 0 Å². The number of rotatable bonds is 4. The highest BCUT2D eigenvalue weighted by Crippen LogP contribution is 2.14. The number of hydrogen-bond donors (Lipinski definition) is 0. The van der Waals surface area contributed by atoms with Crippen LogP contribution in [0, 0.1) is 12.3 Å². The van der Waals surface area contributed by atoms with Crippen molar-refractivity contribution in [2.45, 2.75) is 26.2 Å². The first-order chi connectivity index (χ1) is 6.29. The predicted molar refractivity (Wildman–Crippen MR) is 51.7 cm³/mol. The molecule has 1 heterocycles. The second kappa shape index (κ2) is 4.73. The van der Waals surface area contributed by atoms with Gasteiger partial charge in [-0.15, -0.1) is 11.5 Å². The van der Waals surface area contributed by atoms with Crippen molar-refractivity contribution >= 4 is 17.3 Å². The highest BCUT2D eigenvalue weighted by Gasteiger charge is 2.13. The third-order valence-electron chi connectivity index (χ3n) is 1.56. The molecular formula is C9H10N2OS. The lowest BCUT2D eigenvalue weighted by Gasteiger charge is -1.94. The van der Waals surface area contributed by atoms with E-state index in [1.165, 1.54) is 0 Å². The van der Waals surface area contributed by atoms with Crippen LogP contribution in [0.1, 0.15) is 35.1 Å². The van der Waals surface area contributed by atoms with Crippen molar-refractivity contribution < 1.29 is 4.79 Å². The van der Waals surface area contributed by atoms with E-state index in [0.717, 1.165) is 30.1 Å². The van der Waals surface area contributed by atoms with Gasteiger partial charge in [-0.1, -0.05) is 23.8 Å². The molecule has 0 atom stereocenters. The lowest BCUT2D eigenvalue weighted by Crippen LogP contribution is -1.99. The number of terminal acetylenes is 1. The number of aromatic nitrogens is 2. The van der Waals surface area contributed by atoms with E-state index in [1.54, 1.807) is 0 Å². The van der Waals surface area contributed by atoms with E-state index >= 15 is 0 Å². The largest absolute Gasteiger partial charge is 0.292 e. The molecule has 1 rings (SSSR count). The summed E-state index contributed by atoms with van der Waals surface area (Å²) in [5, 5.41) is 3.89. The minimum Gasteiger partial charge on any atom is -0.292 e. The summed E-state index contributed by atoms with van der Waals surface area (Å²) >= 11 is 1.13. The van der Waals surface area contributed by atoms with E-state index in [9.17, 15) is 4.79 Å². The molecule has 0 aromatic carbocycles. The Bertz CT molecular complexity index is 338. The Balaban J connectivity index is 2.82. The first kappa shape index (κ1) is 9.87. The van der Waals surface area contributed by atoms with E-state index in [2.05, 4.69) is 15.5 Å². The molecule has 0 radical (unpaired) electrons. The Morgan fingerprint density at radius 3 is 3.08 bits per heavy atom. The number of Topliss-reactive ketones (excluding diaryl/α,β-unsaturated/α-hetero) is 1. The highest BCUT2D eigenvalue weighted by molar-refractivity contribution is 7.08. The van der Waals surface area contributed by atoms with Gasteiger partial charge in [0, 0.05) is 0 Å². The molecule has 0 aliphatic carbocycles. The van der Waals surface area contributed by atoms with Crippen LogP contribution in [0.4, 0.5) is 0 Å². The molecule has 0 saturated heterocycles. The van der Waals surface area contributed by atoms with Crippen LogP contribution < -0.4 is 0 Å². The monoisotopic (exact) mass is 194 g/mol. The Labute approximate surface area is 81.3 Å². The van der Waals surface area contributed by atoms with Gasteiger partial charge < -0.3 is 0 Å². The molecule has 1 aromatic heterocycles. The lowest BCUT2D eigenvalue weighted by molar-refractivity contribution is 0.100. The average molecular weight is 194 g/mol. The van der Waals surface area contributed by atoms with Crippen LogP contribution in [0.3, 0.4) is 0 Å². The molecule has 0 bridgehead atoms. The molecule has 13 heavy (non-hydrogen) atoms. The highest BCUT2D eigenvalue weighted by atomic mass is 32.1. The summed E-state index contributed by atoms with van der Waals surface area (Å²) in [4.78, 5) is 12.0. The smallest absolute Gasteiger partial charge is 0.188 e. The molecular weight excluding hydrogens is 184 g/mol. The van der Waals surface area contributed by atoms with Gasteiger partial charge in [-0.3, -0.25) is 4.79 Å². The quantitative estimate of drug-likeness (QED) is 0.541. The van der Waals surface area contributed by atoms with Crippen molar-refractivity contribution in [2.24, 2.45) is 0 Å². The van der Waals surface area contributed by atoms with Gasteiger partial charge in [0.1, 0.15) is 4.88 Å². The minimum absolute atomic E-state index is 0.0408. The second-order valence-corrected chi connectivity index (χ2v) is 3.36. The summed E-state index contributed by atoms with van der Waals surface area (Å²) in [5.41, 5.74) is 0.785. The molecule has 1 aromatic rings. The lowest BCUT2D eigenvalue weighted by atomic mass is 10.1. The van der Waals surface area contributed by atoms with Crippen LogP contribution in [0.5, 0.6) is 0 Å². The Kier molecular flexibility index (Phi) is 3.59. The SMILES string of the molecule is C#CCC(=O)c1snnc1CCC. The van der Waals surface area contributed by atoms with E-state index in [0.29, 0.717) is 4.88 Å².